The minimum absolute atomic E-state index is 0.237. The molecule has 0 atom stereocenters. The van der Waals surface area contributed by atoms with E-state index in [2.05, 4.69) is 31.2 Å². The summed E-state index contributed by atoms with van der Waals surface area (Å²) < 4.78 is 0.542. The lowest BCUT2D eigenvalue weighted by molar-refractivity contribution is 0.0696. The predicted octanol–water partition coefficient (Wildman–Crippen LogP) is 2.86. The van der Waals surface area contributed by atoms with E-state index < -0.39 is 5.97 Å². The summed E-state index contributed by atoms with van der Waals surface area (Å²) in [6.45, 7) is 2.41. The molecule has 5 nitrogen and oxygen atoms in total. The van der Waals surface area contributed by atoms with Crippen LogP contribution in [0.2, 0.25) is 0 Å². The Kier molecular flexibility index (Phi) is 4.11. The maximum atomic E-state index is 10.9. The fourth-order valence-electron chi connectivity index (χ4n) is 1.50. The molecule has 2 rings (SSSR count). The first-order chi connectivity index (χ1) is 9.06. The van der Waals surface area contributed by atoms with Gasteiger partial charge in [0.2, 0.25) is 0 Å². The molecule has 0 aliphatic heterocycles. The van der Waals surface area contributed by atoms with E-state index in [0.717, 1.165) is 17.1 Å². The van der Waals surface area contributed by atoms with Crippen molar-refractivity contribution in [3.63, 3.8) is 0 Å². The topological polar surface area (TPSA) is 75.1 Å². The van der Waals surface area contributed by atoms with Crippen molar-refractivity contribution in [3.8, 4) is 0 Å². The van der Waals surface area contributed by atoms with Crippen molar-refractivity contribution in [2.24, 2.45) is 0 Å². The summed E-state index contributed by atoms with van der Waals surface area (Å²) in [5.74, 6) is -0.956. The highest BCUT2D eigenvalue weighted by atomic mass is 79.9. The highest BCUT2D eigenvalue weighted by Crippen LogP contribution is 2.21. The van der Waals surface area contributed by atoms with E-state index in [-0.39, 0.29) is 5.56 Å². The molecular weight excluding hydrogens is 310 g/mol. The van der Waals surface area contributed by atoms with Crippen molar-refractivity contribution in [1.29, 1.82) is 0 Å². The van der Waals surface area contributed by atoms with Crippen molar-refractivity contribution < 1.29 is 9.90 Å². The van der Waals surface area contributed by atoms with Crippen LogP contribution < -0.4 is 5.32 Å². The fourth-order valence-corrected chi connectivity index (χ4v) is 2.05. The number of nitrogens with zero attached hydrogens (tertiary/aromatic N) is 2. The van der Waals surface area contributed by atoms with Crippen LogP contribution in [0.25, 0.3) is 0 Å². The van der Waals surface area contributed by atoms with Gasteiger partial charge < -0.3 is 10.4 Å². The quantitative estimate of drug-likeness (QED) is 0.905. The first-order valence-electron chi connectivity index (χ1n) is 5.60. The summed E-state index contributed by atoms with van der Waals surface area (Å²) in [4.78, 5) is 19.3. The Labute approximate surface area is 118 Å². The van der Waals surface area contributed by atoms with E-state index in [1.807, 2.05) is 6.92 Å². The Morgan fingerprint density at radius 3 is 2.74 bits per heavy atom. The van der Waals surface area contributed by atoms with Crippen LogP contribution in [-0.2, 0) is 6.54 Å². The first kappa shape index (κ1) is 13.5. The van der Waals surface area contributed by atoms with Gasteiger partial charge in [-0.3, -0.25) is 9.97 Å². The molecule has 0 amide bonds. The second-order valence-corrected chi connectivity index (χ2v) is 4.86. The number of anilines is 1. The third kappa shape index (κ3) is 3.51. The molecule has 0 aliphatic rings. The number of rotatable bonds is 4. The molecule has 19 heavy (non-hydrogen) atoms. The van der Waals surface area contributed by atoms with E-state index >= 15 is 0 Å². The van der Waals surface area contributed by atoms with Crippen molar-refractivity contribution >= 4 is 27.6 Å². The number of carboxylic acid groups (broad SMARTS) is 1. The zero-order chi connectivity index (χ0) is 13.8. The predicted molar refractivity (Wildman–Crippen MR) is 75.2 cm³/mol. The van der Waals surface area contributed by atoms with Gasteiger partial charge in [0.25, 0.3) is 0 Å². The van der Waals surface area contributed by atoms with Gasteiger partial charge in [-0.2, -0.15) is 0 Å². The Morgan fingerprint density at radius 1 is 1.37 bits per heavy atom. The van der Waals surface area contributed by atoms with Gasteiger partial charge in [0, 0.05) is 16.4 Å². The summed E-state index contributed by atoms with van der Waals surface area (Å²) in [7, 11) is 0. The number of aromatic nitrogens is 2. The van der Waals surface area contributed by atoms with Crippen molar-refractivity contribution in [2.45, 2.75) is 13.5 Å². The van der Waals surface area contributed by atoms with E-state index in [0.29, 0.717) is 11.0 Å². The fraction of sp³-hybridized carbons (Fsp3) is 0.154. The average Bonchev–Trinajstić information content (AvgIpc) is 2.37. The molecule has 2 aromatic rings. The van der Waals surface area contributed by atoms with E-state index in [4.69, 9.17) is 5.11 Å². The second-order valence-electron chi connectivity index (χ2n) is 4.00. The molecule has 0 bridgehead atoms. The molecule has 0 radical (unpaired) electrons. The van der Waals surface area contributed by atoms with Crippen LogP contribution in [0.4, 0.5) is 5.69 Å². The monoisotopic (exact) mass is 321 g/mol. The van der Waals surface area contributed by atoms with Crippen LogP contribution in [0.3, 0.4) is 0 Å². The first-order valence-corrected chi connectivity index (χ1v) is 6.40. The number of aromatic carboxylic acids is 1. The molecular formula is C13H12BrN3O2. The summed E-state index contributed by atoms with van der Waals surface area (Å²) in [6, 6.07) is 5.00. The van der Waals surface area contributed by atoms with Gasteiger partial charge in [0.1, 0.15) is 0 Å². The third-order valence-electron chi connectivity index (χ3n) is 2.51. The maximum absolute atomic E-state index is 10.9. The standard InChI is InChI=1S/C13H12BrN3O2/c1-8-5-16-10(6-15-8)7-17-9-2-3-11(13(18)19)12(14)4-9/h2-6,17H,7H2,1H3,(H,18,19). The Bertz CT molecular complexity index is 599. The number of nitrogens with one attached hydrogen (secondary N) is 1. The van der Waals surface area contributed by atoms with Crippen LogP contribution in [0.15, 0.2) is 35.1 Å². The number of hydrogen-bond acceptors (Lipinski definition) is 4. The summed E-state index contributed by atoms with van der Waals surface area (Å²) >= 11 is 3.23. The third-order valence-corrected chi connectivity index (χ3v) is 3.16. The SMILES string of the molecule is Cc1cnc(CNc2ccc(C(=O)O)c(Br)c2)cn1. The molecule has 6 heteroatoms. The summed E-state index contributed by atoms with van der Waals surface area (Å²) in [6.07, 6.45) is 3.42. The molecule has 0 saturated heterocycles. The molecule has 0 spiro atoms. The lowest BCUT2D eigenvalue weighted by Crippen LogP contribution is -2.04. The van der Waals surface area contributed by atoms with Crippen LogP contribution in [0.1, 0.15) is 21.7 Å². The van der Waals surface area contributed by atoms with E-state index in [1.54, 1.807) is 30.6 Å². The molecule has 98 valence electrons. The van der Waals surface area contributed by atoms with Gasteiger partial charge in [0.15, 0.2) is 0 Å². The highest BCUT2D eigenvalue weighted by Gasteiger charge is 2.08. The van der Waals surface area contributed by atoms with Crippen LogP contribution in [-0.4, -0.2) is 21.0 Å². The van der Waals surface area contributed by atoms with Crippen molar-refractivity contribution in [1.82, 2.24) is 9.97 Å². The lowest BCUT2D eigenvalue weighted by atomic mass is 10.2. The Morgan fingerprint density at radius 2 is 2.16 bits per heavy atom. The molecule has 0 fully saturated rings. The smallest absolute Gasteiger partial charge is 0.336 e. The molecule has 0 aliphatic carbocycles. The van der Waals surface area contributed by atoms with Gasteiger partial charge in [0.05, 0.1) is 29.7 Å². The van der Waals surface area contributed by atoms with Crippen molar-refractivity contribution in [3.05, 3.63) is 52.0 Å². The molecule has 0 unspecified atom stereocenters. The summed E-state index contributed by atoms with van der Waals surface area (Å²) in [5, 5.41) is 12.1. The van der Waals surface area contributed by atoms with Gasteiger partial charge in [-0.05, 0) is 41.1 Å². The molecule has 1 aromatic heterocycles. The van der Waals surface area contributed by atoms with Gasteiger partial charge in [-0.25, -0.2) is 4.79 Å². The van der Waals surface area contributed by atoms with Gasteiger partial charge in [-0.1, -0.05) is 0 Å². The minimum atomic E-state index is -0.956. The molecule has 1 aromatic carbocycles. The number of halogens is 1. The van der Waals surface area contributed by atoms with Crippen LogP contribution in [0.5, 0.6) is 0 Å². The van der Waals surface area contributed by atoms with Crippen LogP contribution >= 0.6 is 15.9 Å². The number of benzene rings is 1. The number of aryl methyl sites for hydroxylation is 1. The molecule has 0 saturated carbocycles. The molecule has 1 heterocycles. The number of hydrogen-bond donors (Lipinski definition) is 2. The van der Waals surface area contributed by atoms with E-state index in [1.165, 1.54) is 0 Å². The van der Waals surface area contributed by atoms with E-state index in [9.17, 15) is 4.79 Å². The largest absolute Gasteiger partial charge is 0.478 e. The molecule has 2 N–H and O–H groups in total. The average molecular weight is 322 g/mol. The Hall–Kier alpha value is -1.95. The second kappa shape index (κ2) is 5.79. The van der Waals surface area contributed by atoms with Gasteiger partial charge in [-0.15, -0.1) is 0 Å². The zero-order valence-electron chi connectivity index (χ0n) is 10.2. The summed E-state index contributed by atoms with van der Waals surface area (Å²) in [5.41, 5.74) is 2.75. The maximum Gasteiger partial charge on any atom is 0.336 e. The lowest BCUT2D eigenvalue weighted by Gasteiger charge is -2.07. The van der Waals surface area contributed by atoms with Crippen molar-refractivity contribution in [2.75, 3.05) is 5.32 Å². The van der Waals surface area contributed by atoms with Gasteiger partial charge >= 0.3 is 5.97 Å². The number of carboxylic acids is 1. The highest BCUT2D eigenvalue weighted by molar-refractivity contribution is 9.10. The number of carbonyl (C=O) groups is 1. The van der Waals surface area contributed by atoms with Crippen LogP contribution in [0, 0.1) is 6.92 Å². The normalized spacial score (nSPS) is 10.2. The minimum Gasteiger partial charge on any atom is -0.478 e. The zero-order valence-corrected chi connectivity index (χ0v) is 11.8. The Balaban J connectivity index is 2.06.